The minimum Gasteiger partial charge on any atom is -0.327 e. The average Bonchev–Trinajstić information content (AvgIpc) is 2.98. The number of urea groups is 1. The van der Waals surface area contributed by atoms with Crippen LogP contribution in [0.3, 0.4) is 0 Å². The normalized spacial score (nSPS) is 22.3. The molecule has 2 fully saturated rings. The van der Waals surface area contributed by atoms with Gasteiger partial charge >= 0.3 is 6.03 Å². The van der Waals surface area contributed by atoms with Crippen molar-refractivity contribution in [1.82, 2.24) is 15.1 Å². The standard InChI is InChI=1S/C22H23ClN4O3/c1-22(17-7-9-18(23)10-8-17)20(29)27(21(30)24-22)15-25-11-13-26(14-12-25)19(28)16-5-3-2-4-6-16/h2-10H,11-15H2,1H3,(H,24,30)/p+1/t22-/m1/s1. The van der Waals surface area contributed by atoms with Crippen LogP contribution in [0, 0.1) is 0 Å². The van der Waals surface area contributed by atoms with Crippen LogP contribution in [0.15, 0.2) is 54.6 Å². The van der Waals surface area contributed by atoms with Gasteiger partial charge in [-0.1, -0.05) is 41.9 Å². The minimum atomic E-state index is -1.10. The molecule has 7 nitrogen and oxygen atoms in total. The van der Waals surface area contributed by atoms with E-state index in [1.807, 2.05) is 35.2 Å². The number of benzene rings is 2. The van der Waals surface area contributed by atoms with Crippen LogP contribution >= 0.6 is 11.6 Å². The summed E-state index contributed by atoms with van der Waals surface area (Å²) in [6.07, 6.45) is 0. The molecule has 2 N–H and O–H groups in total. The molecule has 2 aliphatic heterocycles. The summed E-state index contributed by atoms with van der Waals surface area (Å²) in [5, 5.41) is 3.39. The van der Waals surface area contributed by atoms with Gasteiger partial charge in [0.05, 0.1) is 26.2 Å². The summed E-state index contributed by atoms with van der Waals surface area (Å²) >= 11 is 5.95. The highest BCUT2D eigenvalue weighted by Gasteiger charge is 2.50. The van der Waals surface area contributed by atoms with Crippen LogP contribution < -0.4 is 10.2 Å². The van der Waals surface area contributed by atoms with Gasteiger partial charge in [-0.2, -0.15) is 0 Å². The van der Waals surface area contributed by atoms with Crippen molar-refractivity contribution in [3.05, 3.63) is 70.7 Å². The number of nitrogens with zero attached hydrogens (tertiary/aromatic N) is 2. The molecule has 0 spiro atoms. The summed E-state index contributed by atoms with van der Waals surface area (Å²) in [6, 6.07) is 15.7. The minimum absolute atomic E-state index is 0.0138. The van der Waals surface area contributed by atoms with E-state index in [4.69, 9.17) is 11.6 Å². The number of carbonyl (C=O) groups is 3. The molecule has 2 heterocycles. The van der Waals surface area contributed by atoms with Crippen LogP contribution in [0.4, 0.5) is 4.79 Å². The predicted octanol–water partition coefficient (Wildman–Crippen LogP) is 1.11. The molecule has 0 aliphatic carbocycles. The molecule has 0 radical (unpaired) electrons. The Morgan fingerprint density at radius 3 is 2.33 bits per heavy atom. The van der Waals surface area contributed by atoms with E-state index >= 15 is 0 Å². The summed E-state index contributed by atoms with van der Waals surface area (Å²) in [5.41, 5.74) is 0.265. The Hall–Kier alpha value is -2.90. The molecule has 2 aromatic rings. The summed E-state index contributed by atoms with van der Waals surface area (Å²) in [5.74, 6) is -0.259. The number of carbonyl (C=O) groups excluding carboxylic acids is 3. The Morgan fingerprint density at radius 1 is 1.07 bits per heavy atom. The molecule has 156 valence electrons. The lowest BCUT2D eigenvalue weighted by molar-refractivity contribution is -0.911. The van der Waals surface area contributed by atoms with Gasteiger partial charge in [-0.05, 0) is 36.8 Å². The van der Waals surface area contributed by atoms with Gasteiger partial charge < -0.3 is 15.1 Å². The largest absolute Gasteiger partial charge is 0.329 e. The van der Waals surface area contributed by atoms with E-state index in [1.165, 1.54) is 4.90 Å². The van der Waals surface area contributed by atoms with Crippen molar-refractivity contribution in [3.8, 4) is 0 Å². The quantitative estimate of drug-likeness (QED) is 0.718. The number of hydrogen-bond donors (Lipinski definition) is 2. The number of hydrogen-bond acceptors (Lipinski definition) is 3. The highest BCUT2D eigenvalue weighted by atomic mass is 35.5. The lowest BCUT2D eigenvalue weighted by Gasteiger charge is -2.33. The first-order valence-electron chi connectivity index (χ1n) is 9.96. The van der Waals surface area contributed by atoms with E-state index in [9.17, 15) is 14.4 Å². The Labute approximate surface area is 180 Å². The highest BCUT2D eigenvalue weighted by Crippen LogP contribution is 2.29. The topological polar surface area (TPSA) is 74.2 Å². The summed E-state index contributed by atoms with van der Waals surface area (Å²) in [6.45, 7) is 4.51. The van der Waals surface area contributed by atoms with Crippen molar-refractivity contribution in [2.45, 2.75) is 12.5 Å². The number of piperazine rings is 1. The zero-order chi connectivity index (χ0) is 21.3. The molecule has 1 atom stereocenters. The fraction of sp³-hybridized carbons (Fsp3) is 0.318. The van der Waals surface area contributed by atoms with E-state index in [0.29, 0.717) is 42.3 Å². The second-order valence-electron chi connectivity index (χ2n) is 7.86. The number of quaternary nitrogens is 1. The maximum Gasteiger partial charge on any atom is 0.329 e. The molecule has 4 amide bonds. The van der Waals surface area contributed by atoms with Crippen molar-refractivity contribution >= 4 is 29.4 Å². The zero-order valence-electron chi connectivity index (χ0n) is 16.7. The van der Waals surface area contributed by atoms with Crippen molar-refractivity contribution in [1.29, 1.82) is 0 Å². The van der Waals surface area contributed by atoms with Gasteiger partial charge in [-0.15, -0.1) is 0 Å². The van der Waals surface area contributed by atoms with Gasteiger partial charge in [0.25, 0.3) is 11.8 Å². The number of amides is 4. The molecule has 0 aromatic heterocycles. The maximum absolute atomic E-state index is 13.1. The molecule has 2 saturated heterocycles. The van der Waals surface area contributed by atoms with Crippen LogP contribution in [0.2, 0.25) is 5.02 Å². The molecule has 0 saturated carbocycles. The second-order valence-corrected chi connectivity index (χ2v) is 8.30. The summed E-state index contributed by atoms with van der Waals surface area (Å²) in [7, 11) is 0. The van der Waals surface area contributed by atoms with Crippen LogP contribution in [0.1, 0.15) is 22.8 Å². The Kier molecular flexibility index (Phi) is 5.49. The monoisotopic (exact) mass is 427 g/mol. The summed E-state index contributed by atoms with van der Waals surface area (Å²) < 4.78 is 0. The number of rotatable bonds is 4. The Bertz CT molecular complexity index is 958. The first-order chi connectivity index (χ1) is 14.4. The third kappa shape index (κ3) is 3.78. The van der Waals surface area contributed by atoms with Crippen molar-refractivity contribution < 1.29 is 19.3 Å². The smallest absolute Gasteiger partial charge is 0.327 e. The van der Waals surface area contributed by atoms with Gasteiger partial charge in [-0.3, -0.25) is 9.59 Å². The van der Waals surface area contributed by atoms with Crippen molar-refractivity contribution in [2.24, 2.45) is 0 Å². The number of nitrogens with one attached hydrogen (secondary N) is 2. The summed E-state index contributed by atoms with van der Waals surface area (Å²) in [4.78, 5) is 42.4. The number of imide groups is 1. The SMILES string of the molecule is C[C@]1(c2ccc(Cl)cc2)NC(=O)N(C[NH+]2CCN(C(=O)c3ccccc3)CC2)C1=O. The van der Waals surface area contributed by atoms with Crippen LogP contribution in [-0.2, 0) is 10.3 Å². The van der Waals surface area contributed by atoms with Crippen LogP contribution in [0.5, 0.6) is 0 Å². The lowest BCUT2D eigenvalue weighted by Crippen LogP contribution is -3.16. The molecule has 8 heteroatoms. The Balaban J connectivity index is 1.38. The molecular formula is C22H24ClN4O3+. The fourth-order valence-electron chi connectivity index (χ4n) is 3.99. The zero-order valence-corrected chi connectivity index (χ0v) is 17.5. The van der Waals surface area contributed by atoms with Crippen molar-refractivity contribution in [3.63, 3.8) is 0 Å². The van der Waals surface area contributed by atoms with Gasteiger partial charge in [0, 0.05) is 10.6 Å². The molecule has 4 rings (SSSR count). The second kappa shape index (κ2) is 8.08. The third-order valence-electron chi connectivity index (χ3n) is 5.86. The molecule has 2 aromatic carbocycles. The lowest BCUT2D eigenvalue weighted by atomic mass is 9.92. The first kappa shape index (κ1) is 20.4. The first-order valence-corrected chi connectivity index (χ1v) is 10.3. The number of halogens is 1. The van der Waals surface area contributed by atoms with E-state index in [1.54, 1.807) is 31.2 Å². The molecular weight excluding hydrogens is 404 g/mol. The van der Waals surface area contributed by atoms with Gasteiger partial charge in [0.15, 0.2) is 6.67 Å². The van der Waals surface area contributed by atoms with Gasteiger partial charge in [0.2, 0.25) is 0 Å². The molecule has 2 aliphatic rings. The molecule has 0 bridgehead atoms. The Morgan fingerprint density at radius 2 is 1.70 bits per heavy atom. The van der Waals surface area contributed by atoms with E-state index in [-0.39, 0.29) is 18.5 Å². The maximum atomic E-state index is 13.1. The van der Waals surface area contributed by atoms with E-state index in [2.05, 4.69) is 5.32 Å². The predicted molar refractivity (Wildman–Crippen MR) is 112 cm³/mol. The molecule has 30 heavy (non-hydrogen) atoms. The highest BCUT2D eigenvalue weighted by molar-refractivity contribution is 6.30. The fourth-order valence-corrected chi connectivity index (χ4v) is 4.12. The molecule has 0 unspecified atom stereocenters. The third-order valence-corrected chi connectivity index (χ3v) is 6.11. The van der Waals surface area contributed by atoms with Gasteiger partial charge in [-0.25, -0.2) is 9.69 Å². The van der Waals surface area contributed by atoms with E-state index in [0.717, 1.165) is 4.90 Å². The van der Waals surface area contributed by atoms with E-state index < -0.39 is 11.6 Å². The average molecular weight is 428 g/mol. The van der Waals surface area contributed by atoms with Crippen LogP contribution in [-0.4, -0.2) is 60.5 Å². The van der Waals surface area contributed by atoms with Crippen molar-refractivity contribution in [2.75, 3.05) is 32.8 Å². The van der Waals surface area contributed by atoms with Crippen LogP contribution in [0.25, 0.3) is 0 Å². The van der Waals surface area contributed by atoms with Gasteiger partial charge in [0.1, 0.15) is 5.54 Å².